The van der Waals surface area contributed by atoms with E-state index in [0.717, 1.165) is 60.7 Å². The number of Topliss-reactive ketones (excluding diaryl/α,β-unsaturated/α-hetero) is 3. The van der Waals surface area contributed by atoms with E-state index >= 15 is 0 Å². The van der Waals surface area contributed by atoms with Crippen molar-refractivity contribution in [3.8, 4) is 47.3 Å². The van der Waals surface area contributed by atoms with Crippen molar-refractivity contribution in [3.63, 3.8) is 0 Å². The van der Waals surface area contributed by atoms with Crippen molar-refractivity contribution < 1.29 is 60.7 Å². The van der Waals surface area contributed by atoms with E-state index in [-0.39, 0.29) is 71.2 Å². The van der Waals surface area contributed by atoms with Gasteiger partial charge >= 0.3 is 0 Å². The zero-order chi connectivity index (χ0) is 75.9. The highest BCUT2D eigenvalue weighted by atomic mass is 79.9. The molecule has 8 aromatic carbocycles. The molecule has 0 radical (unpaired) electrons. The largest absolute Gasteiger partial charge is 0.485 e. The van der Waals surface area contributed by atoms with Gasteiger partial charge in [-0.15, -0.1) is 0 Å². The highest BCUT2D eigenvalue weighted by Gasteiger charge is 2.57. The number of fused-ring (bicyclic) bond motifs is 12. The minimum Gasteiger partial charge on any atom is -0.485 e. The predicted octanol–water partition coefficient (Wildman–Crippen LogP) is 16.8. The molecule has 8 aromatic rings. The molecule has 0 aliphatic carbocycles. The molecule has 107 heavy (non-hydrogen) atoms. The van der Waals surface area contributed by atoms with Gasteiger partial charge in [-0.3, -0.25) is 14.4 Å². The van der Waals surface area contributed by atoms with Crippen molar-refractivity contribution in [1.82, 2.24) is 0 Å². The minimum atomic E-state index is -3.56. The summed E-state index contributed by atoms with van der Waals surface area (Å²) in [6.45, 7) is 19.8. The van der Waals surface area contributed by atoms with Crippen molar-refractivity contribution in [3.05, 3.63) is 253 Å². The van der Waals surface area contributed by atoms with Crippen LogP contribution in [0.4, 0.5) is 0 Å². The first-order valence-corrected chi connectivity index (χ1v) is 38.7. The third-order valence-electron chi connectivity index (χ3n) is 22.1. The first-order valence-electron chi connectivity index (χ1n) is 36.3. The number of aryl methyl sites for hydroxylation is 1. The van der Waals surface area contributed by atoms with Crippen LogP contribution in [0.5, 0.6) is 23.0 Å². The molecule has 17 nitrogen and oxygen atoms in total. The van der Waals surface area contributed by atoms with E-state index in [1.807, 2.05) is 178 Å². The molecule has 0 saturated carbocycles. The number of sulfone groups is 1. The predicted molar refractivity (Wildman–Crippen MR) is 404 cm³/mol. The Kier molecular flexibility index (Phi) is 21.5. The summed E-state index contributed by atoms with van der Waals surface area (Å²) in [6.07, 6.45) is 1.30. The number of ketones is 3. The number of nitrogens with zero attached hydrogens (tertiary/aromatic N) is 4. The number of halogens is 1. The fourth-order valence-electron chi connectivity index (χ4n) is 17.2. The molecule has 548 valence electrons. The second-order valence-electron chi connectivity index (χ2n) is 30.8. The fraction of sp³-hybridized carbons (Fsp3) is 0.375. The first-order chi connectivity index (χ1) is 51.2. The first kappa shape index (κ1) is 75.4. The number of hydrogen-bond donors (Lipinski definition) is 0. The summed E-state index contributed by atoms with van der Waals surface area (Å²) in [4.78, 5) is 40.4. The van der Waals surface area contributed by atoms with Gasteiger partial charge in [0, 0.05) is 111 Å². The number of carbonyl (C=O) groups excluding carboxylic acids is 3. The average Bonchev–Trinajstić information content (AvgIpc) is 0.751. The third-order valence-corrected chi connectivity index (χ3v) is 24.9. The van der Waals surface area contributed by atoms with Gasteiger partial charge in [0.05, 0.1) is 56.7 Å². The summed E-state index contributed by atoms with van der Waals surface area (Å²) in [5.74, 6) is 1.87. The molecule has 8 aliphatic rings. The van der Waals surface area contributed by atoms with Gasteiger partial charge in [0.1, 0.15) is 69.8 Å². The maximum absolute atomic E-state index is 13.5. The lowest BCUT2D eigenvalue weighted by Gasteiger charge is -2.49. The SMILES string of the molecule is CC1(C)Oc2ccc(C#N)cc2[C@H]2C(C(=O)c3ccc(Br)cc3)CCO[C@H]21.CC1(C)Oc2ccc(C#N)cc2[C@H]2C(C(=O)c3ccccc3)CCO[C@H]21.CC1(C)Oc2ccc(C#N)cc2[C@H]2C(S(=O)(=O)c3ccccc3)CCO[C@H]21.Cc1cccc(C(=O)C2CCO[C@@H]3[C@H]2c2cc(C#N)ccc2OC3(C)C)c1. The molecule has 4 unspecified atom stereocenters. The highest BCUT2D eigenvalue weighted by molar-refractivity contribution is 9.10. The molecule has 12 atom stereocenters. The Labute approximate surface area is 634 Å². The number of carbonyl (C=O) groups is 3. The molecule has 8 heterocycles. The second-order valence-corrected chi connectivity index (χ2v) is 33.8. The van der Waals surface area contributed by atoms with Crippen LogP contribution >= 0.6 is 15.9 Å². The van der Waals surface area contributed by atoms with Gasteiger partial charge < -0.3 is 37.9 Å². The number of hydrogen-bond acceptors (Lipinski definition) is 17. The highest BCUT2D eigenvalue weighted by Crippen LogP contribution is 2.55. The van der Waals surface area contributed by atoms with Crippen molar-refractivity contribution in [1.29, 1.82) is 21.0 Å². The van der Waals surface area contributed by atoms with E-state index in [2.05, 4.69) is 40.2 Å². The zero-order valence-corrected chi connectivity index (χ0v) is 63.7. The Hall–Kier alpha value is -9.80. The van der Waals surface area contributed by atoms with E-state index in [0.29, 0.717) is 90.6 Å². The molecule has 0 N–H and O–H groups in total. The summed E-state index contributed by atoms with van der Waals surface area (Å²) >= 11 is 3.42. The molecule has 0 spiro atoms. The summed E-state index contributed by atoms with van der Waals surface area (Å²) in [5.41, 5.74) is 6.57. The smallest absolute Gasteiger partial charge is 0.182 e. The molecule has 0 aromatic heterocycles. The van der Waals surface area contributed by atoms with Gasteiger partial charge in [-0.25, -0.2) is 8.42 Å². The third kappa shape index (κ3) is 15.0. The molecule has 8 aliphatic heterocycles. The fourth-order valence-corrected chi connectivity index (χ4v) is 19.4. The van der Waals surface area contributed by atoms with Crippen LogP contribution in [0.25, 0.3) is 0 Å². The van der Waals surface area contributed by atoms with Crippen LogP contribution in [0.2, 0.25) is 0 Å². The van der Waals surface area contributed by atoms with Crippen LogP contribution in [0.15, 0.2) is 191 Å². The van der Waals surface area contributed by atoms with Gasteiger partial charge in [0.25, 0.3) is 0 Å². The molecule has 16 rings (SSSR count). The van der Waals surface area contributed by atoms with Gasteiger partial charge in [-0.2, -0.15) is 21.0 Å². The molecule has 4 fully saturated rings. The summed E-state index contributed by atoms with van der Waals surface area (Å²) < 4.78 is 76.8. The van der Waals surface area contributed by atoms with E-state index in [9.17, 15) is 43.8 Å². The normalized spacial score (nSPS) is 25.8. The molecule has 0 bridgehead atoms. The van der Waals surface area contributed by atoms with Crippen LogP contribution in [-0.4, -0.2) is 104 Å². The molecular weight excluding hydrogens is 1430 g/mol. The Morgan fingerprint density at radius 3 is 1.07 bits per heavy atom. The molecule has 19 heteroatoms. The number of nitriles is 4. The average molecular weight is 1520 g/mol. The van der Waals surface area contributed by atoms with E-state index in [1.165, 1.54) is 0 Å². The van der Waals surface area contributed by atoms with Crippen molar-refractivity contribution in [2.75, 3.05) is 26.4 Å². The van der Waals surface area contributed by atoms with Crippen LogP contribution in [0.1, 0.15) is 186 Å². The maximum atomic E-state index is 13.5. The monoisotopic (exact) mass is 1520 g/mol. The van der Waals surface area contributed by atoms with E-state index in [4.69, 9.17) is 37.9 Å². The molecule has 0 amide bonds. The molecule has 4 saturated heterocycles. The van der Waals surface area contributed by atoms with Gasteiger partial charge in [-0.1, -0.05) is 100 Å². The van der Waals surface area contributed by atoms with Gasteiger partial charge in [0.2, 0.25) is 0 Å². The standard InChI is InChI=1S/C23H23NO3.C22H20BrNO3.C22H21NO3.C21H21NO4S/c1-14-5-4-6-16(11-14)21(25)17-9-10-26-22-20(17)18-12-15(13-24)7-8-19(18)27-23(22,2)3;1-22(2)21-19(17-11-13(12-24)3-8-18(17)27-22)16(9-10-26-21)20(25)14-4-6-15(23)7-5-14;1-22(2)21-19(17-12-14(13-23)8-9-18(17)26-22)16(10-11-25-21)20(24)15-6-4-3-5-7-15;1-21(2)20-19(16-12-14(13-22)8-9-17(16)26-21)18(10-11-25-20)27(23,24)15-6-4-3-5-7-15/h4-8,11-12,17,20,22H,9-10H2,1-3H3;3-8,11,16,19,21H,9-10H2,1-2H3;3-9,12,16,19,21H,10-11H2,1-2H3;3-9,12,18-20H,10-11H2,1-2H3/t17?,20-,22-;2*16?,19-,21-;18?,19-,20+/m1110/s1. The summed E-state index contributed by atoms with van der Waals surface area (Å²) in [5, 5.41) is 36.6. The number of benzene rings is 8. The van der Waals surface area contributed by atoms with Crippen LogP contribution in [0, 0.1) is 70.0 Å². The molecular formula is C88H85BrN4O13S. The quantitative estimate of drug-likeness (QED) is 0.128. The van der Waals surface area contributed by atoms with Crippen molar-refractivity contribution in [2.24, 2.45) is 17.8 Å². The lowest BCUT2D eigenvalue weighted by Crippen LogP contribution is -2.56. The van der Waals surface area contributed by atoms with Crippen LogP contribution in [-0.2, 0) is 28.8 Å². The lowest BCUT2D eigenvalue weighted by molar-refractivity contribution is -0.128. The number of ether oxygens (including phenoxy) is 8. The lowest BCUT2D eigenvalue weighted by atomic mass is 9.69. The van der Waals surface area contributed by atoms with Crippen molar-refractivity contribution in [2.45, 2.75) is 169 Å². The summed E-state index contributed by atoms with van der Waals surface area (Å²) in [6, 6.07) is 63.4. The van der Waals surface area contributed by atoms with Crippen LogP contribution in [0.3, 0.4) is 0 Å². The Balaban J connectivity index is 0.000000126. The van der Waals surface area contributed by atoms with Gasteiger partial charge in [0.15, 0.2) is 27.2 Å². The zero-order valence-electron chi connectivity index (χ0n) is 61.3. The van der Waals surface area contributed by atoms with Crippen LogP contribution < -0.4 is 18.9 Å². The summed E-state index contributed by atoms with van der Waals surface area (Å²) in [7, 11) is -3.56. The Bertz CT molecular complexity index is 5020. The number of rotatable bonds is 8. The minimum absolute atomic E-state index is 0.117. The second kappa shape index (κ2) is 30.5. The topological polar surface area (TPSA) is 254 Å². The van der Waals surface area contributed by atoms with Gasteiger partial charge in [-0.05, 0) is 191 Å². The Morgan fingerprint density at radius 1 is 0.383 bits per heavy atom. The van der Waals surface area contributed by atoms with E-state index in [1.54, 1.807) is 66.7 Å². The Morgan fingerprint density at radius 2 is 0.701 bits per heavy atom. The maximum Gasteiger partial charge on any atom is 0.182 e. The van der Waals surface area contributed by atoms with E-state index < -0.39 is 49.5 Å². The van der Waals surface area contributed by atoms with Crippen molar-refractivity contribution >= 4 is 43.1 Å².